The summed E-state index contributed by atoms with van der Waals surface area (Å²) in [5.41, 5.74) is 2.29. The number of carbonyl (C=O) groups is 2. The lowest BCUT2D eigenvalue weighted by Crippen LogP contribution is -2.35. The molecule has 0 bridgehead atoms. The minimum atomic E-state index is -2.91. The van der Waals surface area contributed by atoms with Gasteiger partial charge in [-0.05, 0) is 49.2 Å². The fourth-order valence-electron chi connectivity index (χ4n) is 2.22. The van der Waals surface area contributed by atoms with Gasteiger partial charge in [-0.3, -0.25) is 10.1 Å². The minimum absolute atomic E-state index is 0.0254. The Morgan fingerprint density at radius 3 is 2.12 bits per heavy atom. The maximum absolute atomic E-state index is 12.2. The molecule has 0 atom stereocenters. The number of halogens is 2. The van der Waals surface area contributed by atoms with Gasteiger partial charge < -0.3 is 10.1 Å². The van der Waals surface area contributed by atoms with Crippen LogP contribution < -0.4 is 15.4 Å². The van der Waals surface area contributed by atoms with Crippen molar-refractivity contribution in [3.05, 3.63) is 59.2 Å². The van der Waals surface area contributed by atoms with E-state index in [1.165, 1.54) is 24.3 Å². The zero-order chi connectivity index (χ0) is 17.7. The average molecular weight is 334 g/mol. The summed E-state index contributed by atoms with van der Waals surface area (Å²) in [7, 11) is 0. The van der Waals surface area contributed by atoms with Crippen molar-refractivity contribution in [2.24, 2.45) is 0 Å². The molecule has 0 unspecified atom stereocenters. The number of urea groups is 1. The molecule has 0 aromatic heterocycles. The summed E-state index contributed by atoms with van der Waals surface area (Å²) in [5, 5.41) is 4.68. The summed E-state index contributed by atoms with van der Waals surface area (Å²) in [6.07, 6.45) is 0. The van der Waals surface area contributed by atoms with Crippen LogP contribution in [0.3, 0.4) is 0 Å². The van der Waals surface area contributed by atoms with Crippen LogP contribution in [0.5, 0.6) is 5.75 Å². The van der Waals surface area contributed by atoms with Crippen molar-refractivity contribution in [1.82, 2.24) is 5.32 Å². The highest BCUT2D eigenvalue weighted by Gasteiger charge is 2.15. The zero-order valence-electron chi connectivity index (χ0n) is 13.1. The number of rotatable bonds is 4. The third-order valence-electron chi connectivity index (χ3n) is 3.27. The van der Waals surface area contributed by atoms with E-state index in [1.54, 1.807) is 26.0 Å². The molecule has 0 saturated heterocycles. The average Bonchev–Trinajstić information content (AvgIpc) is 2.48. The van der Waals surface area contributed by atoms with E-state index in [2.05, 4.69) is 15.4 Å². The van der Waals surface area contributed by atoms with Crippen LogP contribution in [0.25, 0.3) is 0 Å². The standard InChI is InChI=1S/C17H16F2N2O3/c1-10-4-3-5-11(2)14(10)15(22)21-17(23)20-12-6-8-13(9-7-12)24-16(18)19/h3-9,16H,1-2H3,(H2,20,21,22,23). The zero-order valence-corrected chi connectivity index (χ0v) is 13.1. The van der Waals surface area contributed by atoms with Gasteiger partial charge in [0.25, 0.3) is 5.91 Å². The van der Waals surface area contributed by atoms with Crippen LogP contribution in [-0.2, 0) is 0 Å². The van der Waals surface area contributed by atoms with Gasteiger partial charge in [0.15, 0.2) is 0 Å². The molecule has 2 rings (SSSR count). The molecule has 0 saturated carbocycles. The Balaban J connectivity index is 1.99. The van der Waals surface area contributed by atoms with Gasteiger partial charge in [0.05, 0.1) is 0 Å². The fraction of sp³-hybridized carbons (Fsp3) is 0.176. The maximum atomic E-state index is 12.2. The first-order valence-corrected chi connectivity index (χ1v) is 7.10. The molecule has 24 heavy (non-hydrogen) atoms. The van der Waals surface area contributed by atoms with Crippen LogP contribution in [0.1, 0.15) is 21.5 Å². The van der Waals surface area contributed by atoms with Crippen LogP contribution in [0, 0.1) is 13.8 Å². The summed E-state index contributed by atoms with van der Waals surface area (Å²) < 4.78 is 28.3. The monoisotopic (exact) mass is 334 g/mol. The highest BCUT2D eigenvalue weighted by Crippen LogP contribution is 2.18. The number of nitrogens with one attached hydrogen (secondary N) is 2. The van der Waals surface area contributed by atoms with Gasteiger partial charge in [0, 0.05) is 11.3 Å². The Morgan fingerprint density at radius 2 is 1.58 bits per heavy atom. The molecule has 2 aromatic carbocycles. The number of hydrogen-bond donors (Lipinski definition) is 2. The molecule has 0 aliphatic heterocycles. The first-order valence-electron chi connectivity index (χ1n) is 7.10. The molecular formula is C17H16F2N2O3. The van der Waals surface area contributed by atoms with Crippen LogP contribution >= 0.6 is 0 Å². The number of hydrogen-bond acceptors (Lipinski definition) is 3. The number of ether oxygens (including phenoxy) is 1. The van der Waals surface area contributed by atoms with Gasteiger partial charge in [-0.1, -0.05) is 18.2 Å². The number of carbonyl (C=O) groups excluding carboxylic acids is 2. The maximum Gasteiger partial charge on any atom is 0.387 e. The quantitative estimate of drug-likeness (QED) is 0.892. The van der Waals surface area contributed by atoms with Crippen molar-refractivity contribution in [1.29, 1.82) is 0 Å². The van der Waals surface area contributed by atoms with E-state index in [-0.39, 0.29) is 5.75 Å². The minimum Gasteiger partial charge on any atom is -0.435 e. The number of amides is 3. The van der Waals surface area contributed by atoms with E-state index in [1.807, 2.05) is 6.07 Å². The third kappa shape index (κ3) is 4.52. The van der Waals surface area contributed by atoms with Crippen molar-refractivity contribution in [3.63, 3.8) is 0 Å². The van der Waals surface area contributed by atoms with Crippen molar-refractivity contribution in [2.45, 2.75) is 20.5 Å². The molecule has 0 aliphatic carbocycles. The van der Waals surface area contributed by atoms with E-state index in [4.69, 9.17) is 0 Å². The smallest absolute Gasteiger partial charge is 0.387 e. The third-order valence-corrected chi connectivity index (χ3v) is 3.27. The summed E-state index contributed by atoms with van der Waals surface area (Å²) in [4.78, 5) is 24.1. The lowest BCUT2D eigenvalue weighted by molar-refractivity contribution is -0.0498. The molecule has 0 fully saturated rings. The molecule has 2 N–H and O–H groups in total. The van der Waals surface area contributed by atoms with Crippen LogP contribution in [0.2, 0.25) is 0 Å². The predicted molar refractivity (Wildman–Crippen MR) is 85.5 cm³/mol. The van der Waals surface area contributed by atoms with E-state index in [9.17, 15) is 18.4 Å². The molecule has 7 heteroatoms. The summed E-state index contributed by atoms with van der Waals surface area (Å²) in [6.45, 7) is 0.644. The second-order valence-corrected chi connectivity index (χ2v) is 5.08. The van der Waals surface area contributed by atoms with E-state index in [0.717, 1.165) is 11.1 Å². The Kier molecular flexibility index (Phi) is 5.47. The second kappa shape index (κ2) is 7.54. The molecule has 126 valence electrons. The van der Waals surface area contributed by atoms with Crippen LogP contribution in [0.4, 0.5) is 19.3 Å². The lowest BCUT2D eigenvalue weighted by Gasteiger charge is -2.11. The Bertz CT molecular complexity index is 726. The number of aryl methyl sites for hydroxylation is 2. The first-order chi connectivity index (χ1) is 11.4. The summed E-state index contributed by atoms with van der Waals surface area (Å²) in [6, 6.07) is 10.0. The molecule has 0 radical (unpaired) electrons. The summed E-state index contributed by atoms with van der Waals surface area (Å²) in [5.74, 6) is -0.539. The molecule has 0 aliphatic rings. The first kappa shape index (κ1) is 17.4. The normalized spacial score (nSPS) is 10.4. The molecule has 3 amide bonds. The van der Waals surface area contributed by atoms with E-state index in [0.29, 0.717) is 11.3 Å². The van der Waals surface area contributed by atoms with E-state index >= 15 is 0 Å². The SMILES string of the molecule is Cc1cccc(C)c1C(=O)NC(=O)Nc1ccc(OC(F)F)cc1. The van der Waals surface area contributed by atoms with Crippen molar-refractivity contribution < 1.29 is 23.1 Å². The number of anilines is 1. The van der Waals surface area contributed by atoms with Gasteiger partial charge >= 0.3 is 12.6 Å². The van der Waals surface area contributed by atoms with Gasteiger partial charge in [0.1, 0.15) is 5.75 Å². The molecule has 2 aromatic rings. The highest BCUT2D eigenvalue weighted by atomic mass is 19.3. The second-order valence-electron chi connectivity index (χ2n) is 5.08. The van der Waals surface area contributed by atoms with Gasteiger partial charge in [0.2, 0.25) is 0 Å². The number of alkyl halides is 2. The largest absolute Gasteiger partial charge is 0.435 e. The van der Waals surface area contributed by atoms with Crippen molar-refractivity contribution in [2.75, 3.05) is 5.32 Å². The van der Waals surface area contributed by atoms with Crippen molar-refractivity contribution >= 4 is 17.6 Å². The van der Waals surface area contributed by atoms with Crippen molar-refractivity contribution in [3.8, 4) is 5.75 Å². The Hall–Kier alpha value is -2.96. The molecule has 0 heterocycles. The number of benzene rings is 2. The predicted octanol–water partition coefficient (Wildman–Crippen LogP) is 3.87. The van der Waals surface area contributed by atoms with Gasteiger partial charge in [-0.25, -0.2) is 4.79 Å². The highest BCUT2D eigenvalue weighted by molar-refractivity contribution is 6.09. The molecular weight excluding hydrogens is 318 g/mol. The van der Waals surface area contributed by atoms with E-state index < -0.39 is 18.5 Å². The van der Waals surface area contributed by atoms with Crippen LogP contribution in [0.15, 0.2) is 42.5 Å². The number of imide groups is 1. The van der Waals surface area contributed by atoms with Gasteiger partial charge in [-0.15, -0.1) is 0 Å². The molecule has 5 nitrogen and oxygen atoms in total. The fourth-order valence-corrected chi connectivity index (χ4v) is 2.22. The Morgan fingerprint density at radius 1 is 1.00 bits per heavy atom. The summed E-state index contributed by atoms with van der Waals surface area (Å²) >= 11 is 0. The van der Waals surface area contributed by atoms with Gasteiger partial charge in [-0.2, -0.15) is 8.78 Å². The lowest BCUT2D eigenvalue weighted by atomic mass is 10.0. The van der Waals surface area contributed by atoms with Crippen LogP contribution in [-0.4, -0.2) is 18.5 Å². The Labute approximate surface area is 137 Å². The topological polar surface area (TPSA) is 67.4 Å². The molecule has 0 spiro atoms.